The maximum absolute atomic E-state index is 13.9. The summed E-state index contributed by atoms with van der Waals surface area (Å²) in [6.45, 7) is 3.37. The molecule has 0 bridgehead atoms. The summed E-state index contributed by atoms with van der Waals surface area (Å²) < 4.78 is 83.9. The van der Waals surface area contributed by atoms with Crippen LogP contribution < -0.4 is 10.6 Å². The molecule has 2 N–H and O–H groups in total. The number of carbonyl (C=O) groups is 1. The Hall–Kier alpha value is -2.24. The molecule has 0 saturated heterocycles. The van der Waals surface area contributed by atoms with Gasteiger partial charge in [-0.2, -0.15) is 26.3 Å². The SMILES string of the molecule is Cc1ccc2sc(NC(NC(=O)c3ccc(Cl)cc3Cl)(C(F)(F)F)C(F)(F)F)nc2c1C. The molecule has 172 valence electrons. The standard InChI is InChI=1S/C19H13Cl2F6N3OS/c1-8-3-6-13-14(9(8)2)28-16(32-13)30-17(18(22,23)24,19(25,26)27)29-15(31)11-5-4-10(20)7-12(11)21/h3-7H,1-2H3,(H,28,30)(H,29,31). The molecule has 4 nitrogen and oxygen atoms in total. The number of alkyl halides is 6. The van der Waals surface area contributed by atoms with Gasteiger partial charge < -0.3 is 10.6 Å². The zero-order chi connectivity index (χ0) is 24.1. The van der Waals surface area contributed by atoms with Crippen LogP contribution in [0, 0.1) is 13.8 Å². The van der Waals surface area contributed by atoms with E-state index in [1.807, 2.05) is 0 Å². The molecule has 0 atom stereocenters. The molecule has 1 heterocycles. The molecule has 3 aromatic rings. The Balaban J connectivity index is 2.11. The molecule has 0 aliphatic rings. The number of anilines is 1. The van der Waals surface area contributed by atoms with Crippen molar-refractivity contribution >= 4 is 55.8 Å². The number of halogens is 8. The van der Waals surface area contributed by atoms with Gasteiger partial charge in [-0.05, 0) is 49.2 Å². The molecule has 0 saturated carbocycles. The van der Waals surface area contributed by atoms with E-state index in [1.54, 1.807) is 19.9 Å². The van der Waals surface area contributed by atoms with Gasteiger partial charge in [-0.3, -0.25) is 4.79 Å². The summed E-state index contributed by atoms with van der Waals surface area (Å²) in [5.74, 6) is -1.71. The van der Waals surface area contributed by atoms with Crippen molar-refractivity contribution in [1.82, 2.24) is 10.3 Å². The van der Waals surface area contributed by atoms with Gasteiger partial charge in [0, 0.05) is 5.02 Å². The van der Waals surface area contributed by atoms with Crippen LogP contribution in [0.5, 0.6) is 0 Å². The lowest BCUT2D eigenvalue weighted by Gasteiger charge is -2.38. The van der Waals surface area contributed by atoms with Crippen LogP contribution in [0.15, 0.2) is 30.3 Å². The third-order valence-corrected chi connectivity index (χ3v) is 6.19. The Bertz CT molecular complexity index is 1180. The maximum atomic E-state index is 13.9. The van der Waals surface area contributed by atoms with Gasteiger partial charge in [-0.15, -0.1) is 0 Å². The van der Waals surface area contributed by atoms with Crippen molar-refractivity contribution in [3.8, 4) is 0 Å². The van der Waals surface area contributed by atoms with E-state index in [-0.39, 0.29) is 10.5 Å². The highest BCUT2D eigenvalue weighted by Crippen LogP contribution is 2.45. The molecule has 13 heteroatoms. The first kappa shape index (κ1) is 24.4. The minimum Gasteiger partial charge on any atom is -0.324 e. The zero-order valence-corrected chi connectivity index (χ0v) is 18.5. The van der Waals surface area contributed by atoms with Crippen LogP contribution in [0.25, 0.3) is 10.2 Å². The largest absolute Gasteiger partial charge is 0.439 e. The Morgan fingerprint density at radius 3 is 2.19 bits per heavy atom. The Labute approximate surface area is 191 Å². The molecule has 0 fully saturated rings. The number of thiazole rings is 1. The first-order valence-corrected chi connectivity index (χ1v) is 10.3. The molecule has 3 rings (SSSR count). The van der Waals surface area contributed by atoms with Crippen molar-refractivity contribution in [2.24, 2.45) is 0 Å². The van der Waals surface area contributed by atoms with Gasteiger partial charge in [0.15, 0.2) is 5.13 Å². The highest BCUT2D eigenvalue weighted by Gasteiger charge is 2.73. The van der Waals surface area contributed by atoms with Gasteiger partial charge in [0.2, 0.25) is 0 Å². The predicted molar refractivity (Wildman–Crippen MR) is 111 cm³/mol. The molecule has 0 unspecified atom stereocenters. The number of hydrogen-bond acceptors (Lipinski definition) is 4. The fourth-order valence-corrected chi connectivity index (χ4v) is 4.30. The normalized spacial score (nSPS) is 12.8. The number of rotatable bonds is 4. The summed E-state index contributed by atoms with van der Waals surface area (Å²) in [5.41, 5.74) is -3.84. The molecule has 1 aromatic heterocycles. The lowest BCUT2D eigenvalue weighted by molar-refractivity contribution is -0.294. The average molecular weight is 516 g/mol. The van der Waals surface area contributed by atoms with E-state index in [2.05, 4.69) is 4.98 Å². The quantitative estimate of drug-likeness (QED) is 0.294. The summed E-state index contributed by atoms with van der Waals surface area (Å²) in [6, 6.07) is 6.26. The fraction of sp³-hybridized carbons (Fsp3) is 0.263. The van der Waals surface area contributed by atoms with Gasteiger partial charge in [0.25, 0.3) is 5.91 Å². The number of aromatic nitrogens is 1. The van der Waals surface area contributed by atoms with Crippen molar-refractivity contribution in [2.75, 3.05) is 5.32 Å². The first-order valence-electron chi connectivity index (χ1n) is 8.72. The molecule has 2 aromatic carbocycles. The van der Waals surface area contributed by atoms with Gasteiger partial charge in [0.05, 0.1) is 20.8 Å². The van der Waals surface area contributed by atoms with E-state index < -0.39 is 39.6 Å². The third-order valence-electron chi connectivity index (χ3n) is 4.71. The molecule has 0 aliphatic carbocycles. The highest BCUT2D eigenvalue weighted by atomic mass is 35.5. The number of hydrogen-bond donors (Lipinski definition) is 2. The van der Waals surface area contributed by atoms with Crippen LogP contribution in [0.2, 0.25) is 10.0 Å². The number of amides is 1. The predicted octanol–water partition coefficient (Wildman–Crippen LogP) is 6.88. The molecule has 0 aliphatic heterocycles. The maximum Gasteiger partial charge on any atom is 0.439 e. The second-order valence-corrected chi connectivity index (χ2v) is 8.70. The molecule has 32 heavy (non-hydrogen) atoms. The second-order valence-electron chi connectivity index (χ2n) is 6.82. The Morgan fingerprint density at radius 1 is 1.00 bits per heavy atom. The Morgan fingerprint density at radius 2 is 1.62 bits per heavy atom. The van der Waals surface area contributed by atoms with E-state index in [0.717, 1.165) is 29.1 Å². The lowest BCUT2D eigenvalue weighted by Crippen LogP contribution is -2.72. The summed E-state index contributed by atoms with van der Waals surface area (Å²) in [6.07, 6.45) is -12.0. The second kappa shape index (κ2) is 8.27. The molecule has 0 radical (unpaired) electrons. The van der Waals surface area contributed by atoms with Crippen LogP contribution in [-0.2, 0) is 0 Å². The lowest BCUT2D eigenvalue weighted by atomic mass is 10.1. The van der Waals surface area contributed by atoms with Crippen LogP contribution >= 0.6 is 34.5 Å². The zero-order valence-electron chi connectivity index (χ0n) is 16.2. The molecule has 1 amide bonds. The summed E-state index contributed by atoms with van der Waals surface area (Å²) >= 11 is 12.1. The third kappa shape index (κ3) is 4.33. The number of carbonyl (C=O) groups excluding carboxylic acids is 1. The van der Waals surface area contributed by atoms with Crippen molar-refractivity contribution in [3.05, 3.63) is 57.1 Å². The van der Waals surface area contributed by atoms with E-state index in [9.17, 15) is 31.1 Å². The summed E-state index contributed by atoms with van der Waals surface area (Å²) in [7, 11) is 0. The van der Waals surface area contributed by atoms with Gasteiger partial charge >= 0.3 is 18.0 Å². The highest BCUT2D eigenvalue weighted by molar-refractivity contribution is 7.22. The molecule has 0 spiro atoms. The number of nitrogens with zero attached hydrogens (tertiary/aromatic N) is 1. The van der Waals surface area contributed by atoms with Crippen molar-refractivity contribution in [2.45, 2.75) is 31.9 Å². The van der Waals surface area contributed by atoms with E-state index in [1.165, 1.54) is 11.4 Å². The van der Waals surface area contributed by atoms with Crippen molar-refractivity contribution in [1.29, 1.82) is 0 Å². The van der Waals surface area contributed by atoms with Crippen molar-refractivity contribution in [3.63, 3.8) is 0 Å². The number of nitrogens with one attached hydrogen (secondary N) is 2. The van der Waals surface area contributed by atoms with E-state index in [0.29, 0.717) is 21.6 Å². The first-order chi connectivity index (χ1) is 14.7. The van der Waals surface area contributed by atoms with Crippen LogP contribution in [-0.4, -0.2) is 28.9 Å². The van der Waals surface area contributed by atoms with Crippen LogP contribution in [0.4, 0.5) is 31.5 Å². The van der Waals surface area contributed by atoms with Crippen LogP contribution in [0.3, 0.4) is 0 Å². The summed E-state index contributed by atoms with van der Waals surface area (Å²) in [5, 5.41) is 1.39. The Kier molecular flexibility index (Phi) is 6.31. The fourth-order valence-electron chi connectivity index (χ4n) is 2.83. The number of aryl methyl sites for hydroxylation is 2. The smallest absolute Gasteiger partial charge is 0.324 e. The minimum atomic E-state index is -6.00. The molecular formula is C19H13Cl2F6N3OS. The number of fused-ring (bicyclic) bond motifs is 1. The van der Waals surface area contributed by atoms with Gasteiger partial charge in [-0.1, -0.05) is 40.6 Å². The van der Waals surface area contributed by atoms with E-state index >= 15 is 0 Å². The van der Waals surface area contributed by atoms with Crippen LogP contribution in [0.1, 0.15) is 21.5 Å². The number of benzene rings is 2. The van der Waals surface area contributed by atoms with Crippen molar-refractivity contribution < 1.29 is 31.1 Å². The summed E-state index contributed by atoms with van der Waals surface area (Å²) in [4.78, 5) is 16.4. The van der Waals surface area contributed by atoms with Gasteiger partial charge in [-0.25, -0.2) is 4.98 Å². The van der Waals surface area contributed by atoms with E-state index in [4.69, 9.17) is 23.2 Å². The monoisotopic (exact) mass is 515 g/mol. The average Bonchev–Trinajstić information content (AvgIpc) is 3.05. The minimum absolute atomic E-state index is 0.0442. The van der Waals surface area contributed by atoms with Gasteiger partial charge in [0.1, 0.15) is 0 Å². The topological polar surface area (TPSA) is 54.0 Å². The molecular weight excluding hydrogens is 503 g/mol.